The molecule has 20 heavy (non-hydrogen) atoms. The topological polar surface area (TPSA) is 58.6 Å². The average molecular weight is 283 g/mol. The zero-order chi connectivity index (χ0) is 15.2. The Morgan fingerprint density at radius 1 is 1.35 bits per heavy atom. The summed E-state index contributed by atoms with van der Waals surface area (Å²) in [5, 5.41) is 11.9. The van der Waals surface area contributed by atoms with Crippen LogP contribution in [0.2, 0.25) is 0 Å². The summed E-state index contributed by atoms with van der Waals surface area (Å²) in [6, 6.07) is 6.10. The molecular formula is C15H22FNO3. The van der Waals surface area contributed by atoms with Gasteiger partial charge in [0.1, 0.15) is 11.4 Å². The third-order valence-electron chi connectivity index (χ3n) is 2.63. The van der Waals surface area contributed by atoms with Crippen molar-refractivity contribution in [1.82, 2.24) is 5.32 Å². The van der Waals surface area contributed by atoms with Gasteiger partial charge in [-0.1, -0.05) is 12.1 Å². The molecule has 1 atom stereocenters. The molecule has 0 bridgehead atoms. The maximum absolute atomic E-state index is 12.8. The number of alkyl carbamates (subject to hydrolysis) is 1. The van der Waals surface area contributed by atoms with Crippen LogP contribution < -0.4 is 5.32 Å². The van der Waals surface area contributed by atoms with Crippen LogP contribution in [0.3, 0.4) is 0 Å². The third-order valence-corrected chi connectivity index (χ3v) is 2.63. The van der Waals surface area contributed by atoms with Crippen LogP contribution >= 0.6 is 0 Å². The van der Waals surface area contributed by atoms with Gasteiger partial charge in [0.05, 0.1) is 0 Å². The summed E-state index contributed by atoms with van der Waals surface area (Å²) < 4.78 is 17.9. The van der Waals surface area contributed by atoms with Gasteiger partial charge in [0.25, 0.3) is 0 Å². The molecule has 0 fully saturated rings. The van der Waals surface area contributed by atoms with Gasteiger partial charge in [-0.05, 0) is 44.9 Å². The molecule has 0 heterocycles. The molecule has 0 aliphatic carbocycles. The summed E-state index contributed by atoms with van der Waals surface area (Å²) in [7, 11) is 0. The maximum Gasteiger partial charge on any atom is 0.407 e. The molecule has 2 N–H and O–H groups in total. The Morgan fingerprint density at radius 2 is 1.95 bits per heavy atom. The lowest BCUT2D eigenvalue weighted by molar-refractivity contribution is 0.0512. The highest BCUT2D eigenvalue weighted by atomic mass is 19.1. The fourth-order valence-electron chi connectivity index (χ4n) is 1.70. The first kappa shape index (κ1) is 16.4. The number of benzene rings is 1. The Balaban J connectivity index is 2.43. The number of amides is 1. The van der Waals surface area contributed by atoms with Crippen molar-refractivity contribution in [2.45, 2.75) is 32.8 Å². The van der Waals surface area contributed by atoms with Gasteiger partial charge in [0, 0.05) is 19.1 Å². The van der Waals surface area contributed by atoms with E-state index in [0.29, 0.717) is 13.0 Å². The summed E-state index contributed by atoms with van der Waals surface area (Å²) in [6.45, 7) is 5.60. The molecule has 1 rings (SSSR count). The lowest BCUT2D eigenvalue weighted by atomic mass is 10.00. The van der Waals surface area contributed by atoms with Crippen LogP contribution in [0.15, 0.2) is 24.3 Å². The van der Waals surface area contributed by atoms with E-state index in [0.717, 1.165) is 5.56 Å². The van der Waals surface area contributed by atoms with E-state index in [2.05, 4.69) is 5.32 Å². The number of halogens is 1. The van der Waals surface area contributed by atoms with Gasteiger partial charge in [-0.15, -0.1) is 0 Å². The summed E-state index contributed by atoms with van der Waals surface area (Å²) in [6.07, 6.45) is 0.0575. The Labute approximate surface area is 119 Å². The van der Waals surface area contributed by atoms with E-state index in [1.54, 1.807) is 32.9 Å². The second kappa shape index (κ2) is 7.24. The molecule has 0 aliphatic rings. The van der Waals surface area contributed by atoms with Crippen molar-refractivity contribution in [2.75, 3.05) is 13.2 Å². The van der Waals surface area contributed by atoms with Crippen molar-refractivity contribution >= 4 is 6.09 Å². The Hall–Kier alpha value is -1.62. The summed E-state index contributed by atoms with van der Waals surface area (Å²) in [5.41, 5.74) is 0.367. The highest BCUT2D eigenvalue weighted by Crippen LogP contribution is 2.10. The average Bonchev–Trinajstić information content (AvgIpc) is 2.34. The second-order valence-electron chi connectivity index (χ2n) is 5.76. The predicted molar refractivity (Wildman–Crippen MR) is 74.9 cm³/mol. The summed E-state index contributed by atoms with van der Waals surface area (Å²) in [5.74, 6) is -0.422. The summed E-state index contributed by atoms with van der Waals surface area (Å²) in [4.78, 5) is 11.5. The van der Waals surface area contributed by atoms with Crippen LogP contribution in [0.5, 0.6) is 0 Å². The van der Waals surface area contributed by atoms with Gasteiger partial charge >= 0.3 is 6.09 Å². The van der Waals surface area contributed by atoms with Crippen molar-refractivity contribution in [2.24, 2.45) is 5.92 Å². The molecule has 1 unspecified atom stereocenters. The molecule has 0 aliphatic heterocycles. The summed E-state index contributed by atoms with van der Waals surface area (Å²) >= 11 is 0. The van der Waals surface area contributed by atoms with E-state index < -0.39 is 11.7 Å². The van der Waals surface area contributed by atoms with Crippen LogP contribution in [0, 0.1) is 11.7 Å². The second-order valence-corrected chi connectivity index (χ2v) is 5.76. The van der Waals surface area contributed by atoms with E-state index in [-0.39, 0.29) is 18.3 Å². The number of carbonyl (C=O) groups excluding carboxylic acids is 1. The van der Waals surface area contributed by atoms with Crippen molar-refractivity contribution in [3.63, 3.8) is 0 Å². The Morgan fingerprint density at radius 3 is 2.45 bits per heavy atom. The van der Waals surface area contributed by atoms with Crippen LogP contribution in [0.1, 0.15) is 26.3 Å². The van der Waals surface area contributed by atoms with E-state index in [1.165, 1.54) is 12.1 Å². The first-order chi connectivity index (χ1) is 9.30. The molecule has 112 valence electrons. The molecule has 5 heteroatoms. The third kappa shape index (κ3) is 6.52. The van der Waals surface area contributed by atoms with Gasteiger partial charge in [0.15, 0.2) is 0 Å². The zero-order valence-electron chi connectivity index (χ0n) is 12.1. The van der Waals surface area contributed by atoms with Crippen molar-refractivity contribution in [3.05, 3.63) is 35.6 Å². The van der Waals surface area contributed by atoms with E-state index in [9.17, 15) is 14.3 Å². The number of carbonyl (C=O) groups is 1. The minimum absolute atomic E-state index is 0.0623. The number of aliphatic hydroxyl groups is 1. The van der Waals surface area contributed by atoms with Crippen molar-refractivity contribution in [1.29, 1.82) is 0 Å². The molecule has 4 nitrogen and oxygen atoms in total. The van der Waals surface area contributed by atoms with Gasteiger partial charge < -0.3 is 15.2 Å². The lowest BCUT2D eigenvalue weighted by Gasteiger charge is -2.21. The molecule has 0 saturated heterocycles. The fourth-order valence-corrected chi connectivity index (χ4v) is 1.70. The predicted octanol–water partition coefficient (Wildman–Crippen LogP) is 2.50. The highest BCUT2D eigenvalue weighted by molar-refractivity contribution is 5.67. The normalized spacial score (nSPS) is 12.8. The molecule has 1 aromatic rings. The quantitative estimate of drug-likeness (QED) is 0.873. The van der Waals surface area contributed by atoms with Crippen LogP contribution in [-0.2, 0) is 11.2 Å². The minimum Gasteiger partial charge on any atom is -0.444 e. The Kier molecular flexibility index (Phi) is 5.95. The lowest BCUT2D eigenvalue weighted by Crippen LogP contribution is -2.36. The minimum atomic E-state index is -0.546. The number of nitrogens with one attached hydrogen (secondary N) is 1. The maximum atomic E-state index is 12.8. The Bertz CT molecular complexity index is 426. The van der Waals surface area contributed by atoms with Gasteiger partial charge in [-0.25, -0.2) is 9.18 Å². The van der Waals surface area contributed by atoms with Crippen LogP contribution in [0.4, 0.5) is 9.18 Å². The molecule has 1 aromatic carbocycles. The van der Waals surface area contributed by atoms with Crippen LogP contribution in [0.25, 0.3) is 0 Å². The largest absolute Gasteiger partial charge is 0.444 e. The van der Waals surface area contributed by atoms with E-state index >= 15 is 0 Å². The smallest absolute Gasteiger partial charge is 0.407 e. The number of hydrogen-bond acceptors (Lipinski definition) is 3. The SMILES string of the molecule is CC(C)(C)OC(=O)NCC(CO)Cc1ccc(F)cc1. The standard InChI is InChI=1S/C15H22FNO3/c1-15(2,3)20-14(19)17-9-12(10-18)8-11-4-6-13(16)7-5-11/h4-7,12,18H,8-10H2,1-3H3,(H,17,19). The number of rotatable bonds is 5. The van der Waals surface area contributed by atoms with Gasteiger partial charge in [0.2, 0.25) is 0 Å². The van der Waals surface area contributed by atoms with Crippen molar-refractivity contribution < 1.29 is 19.0 Å². The molecule has 0 spiro atoms. The van der Waals surface area contributed by atoms with E-state index in [4.69, 9.17) is 4.74 Å². The van der Waals surface area contributed by atoms with Crippen molar-refractivity contribution in [3.8, 4) is 0 Å². The number of aliphatic hydroxyl groups excluding tert-OH is 1. The molecule has 0 aromatic heterocycles. The van der Waals surface area contributed by atoms with E-state index in [1.807, 2.05) is 0 Å². The first-order valence-electron chi connectivity index (χ1n) is 6.62. The fraction of sp³-hybridized carbons (Fsp3) is 0.533. The highest BCUT2D eigenvalue weighted by Gasteiger charge is 2.17. The number of hydrogen-bond donors (Lipinski definition) is 2. The molecule has 1 amide bonds. The van der Waals surface area contributed by atoms with Crippen LogP contribution in [-0.4, -0.2) is 30.0 Å². The van der Waals surface area contributed by atoms with Gasteiger partial charge in [-0.2, -0.15) is 0 Å². The monoisotopic (exact) mass is 283 g/mol. The van der Waals surface area contributed by atoms with Gasteiger partial charge in [-0.3, -0.25) is 0 Å². The molecular weight excluding hydrogens is 261 g/mol. The molecule has 0 radical (unpaired) electrons. The number of ether oxygens (including phenoxy) is 1. The first-order valence-corrected chi connectivity index (χ1v) is 6.62. The molecule has 0 saturated carbocycles. The zero-order valence-corrected chi connectivity index (χ0v) is 12.1.